The van der Waals surface area contributed by atoms with E-state index in [0.717, 1.165) is 16.0 Å². The maximum Gasteiger partial charge on any atom is 0.335 e. The number of para-hydroxylation sites is 1. The molecular weight excluding hydrogens is 384 g/mol. The molecule has 0 amide bonds. The molecule has 2 atom stereocenters. The van der Waals surface area contributed by atoms with Gasteiger partial charge in [0.1, 0.15) is 17.8 Å². The monoisotopic (exact) mass is 402 g/mol. The minimum Gasteiger partial charge on any atom is -0.457 e. The Morgan fingerprint density at radius 2 is 1.86 bits per heavy atom. The summed E-state index contributed by atoms with van der Waals surface area (Å²) in [6.07, 6.45) is 2.43. The molecule has 2 aliphatic rings. The van der Waals surface area contributed by atoms with Gasteiger partial charge in [-0.1, -0.05) is 60.7 Å². The zero-order chi connectivity index (χ0) is 19.8. The van der Waals surface area contributed by atoms with Crippen LogP contribution in [-0.2, 0) is 26.3 Å². The lowest BCUT2D eigenvalue weighted by atomic mass is 9.69. The van der Waals surface area contributed by atoms with E-state index in [-0.39, 0.29) is 12.5 Å². The van der Waals surface area contributed by atoms with Crippen LogP contribution in [0.5, 0.6) is 5.75 Å². The molecule has 5 heteroatoms. The van der Waals surface area contributed by atoms with E-state index in [1.807, 2.05) is 72.1 Å². The van der Waals surface area contributed by atoms with Crippen LogP contribution in [0.3, 0.4) is 0 Å². The Labute approximate surface area is 172 Å². The van der Waals surface area contributed by atoms with Crippen LogP contribution < -0.4 is 4.74 Å². The molecule has 0 saturated carbocycles. The Bertz CT molecular complexity index is 1100. The first-order valence-corrected chi connectivity index (χ1v) is 10.4. The molecule has 0 fully saturated rings. The Morgan fingerprint density at radius 3 is 2.66 bits per heavy atom. The Hall–Kier alpha value is -3.18. The lowest BCUT2D eigenvalue weighted by Crippen LogP contribution is -2.41. The molecular formula is C24H18O4S. The van der Waals surface area contributed by atoms with Gasteiger partial charge < -0.3 is 9.47 Å². The highest BCUT2D eigenvalue weighted by atomic mass is 32.1. The maximum absolute atomic E-state index is 13.3. The number of rotatable bonds is 4. The number of ether oxygens (including phenoxy) is 2. The molecule has 2 heterocycles. The summed E-state index contributed by atoms with van der Waals surface area (Å²) in [6.45, 7) is 0.160. The fourth-order valence-corrected chi connectivity index (χ4v) is 5.29. The average molecular weight is 402 g/mol. The van der Waals surface area contributed by atoms with Crippen molar-refractivity contribution in [1.82, 2.24) is 0 Å². The molecule has 0 radical (unpaired) electrons. The number of esters is 2. The molecule has 0 bridgehead atoms. The highest BCUT2D eigenvalue weighted by Crippen LogP contribution is 2.58. The highest BCUT2D eigenvalue weighted by Gasteiger charge is 2.61. The molecule has 4 nitrogen and oxygen atoms in total. The summed E-state index contributed by atoms with van der Waals surface area (Å²) >= 11 is 1.59. The molecule has 1 aliphatic carbocycles. The van der Waals surface area contributed by atoms with E-state index in [0.29, 0.717) is 17.7 Å². The molecule has 0 saturated heterocycles. The summed E-state index contributed by atoms with van der Waals surface area (Å²) in [6, 6.07) is 20.9. The van der Waals surface area contributed by atoms with Gasteiger partial charge in [-0.05, 0) is 29.5 Å². The molecule has 1 aliphatic heterocycles. The molecule has 1 spiro atoms. The van der Waals surface area contributed by atoms with Crippen molar-refractivity contribution in [2.75, 3.05) is 0 Å². The van der Waals surface area contributed by atoms with Gasteiger partial charge in [-0.25, -0.2) is 4.79 Å². The summed E-state index contributed by atoms with van der Waals surface area (Å²) in [5.74, 6) is -0.542. The summed E-state index contributed by atoms with van der Waals surface area (Å²) in [5.41, 5.74) is 0.859. The number of fused-ring (bicyclic) bond motifs is 2. The van der Waals surface area contributed by atoms with Gasteiger partial charge in [0, 0.05) is 16.4 Å². The van der Waals surface area contributed by atoms with Crippen molar-refractivity contribution < 1.29 is 19.1 Å². The van der Waals surface area contributed by atoms with E-state index in [1.165, 1.54) is 0 Å². The second-order valence-corrected chi connectivity index (χ2v) is 8.16. The zero-order valence-electron chi connectivity index (χ0n) is 15.5. The molecule has 29 heavy (non-hydrogen) atoms. The van der Waals surface area contributed by atoms with E-state index in [9.17, 15) is 9.59 Å². The standard InChI is InChI=1S/C24H18O4S/c25-22(27-15-16-7-2-1-3-8-16)19-13-12-18(21-11-6-14-29-21)24(19)17-9-4-5-10-20(17)28-23(24)26/h1-11,13-14,18H,12,15H2. The van der Waals surface area contributed by atoms with Crippen molar-refractivity contribution in [2.45, 2.75) is 24.4 Å². The van der Waals surface area contributed by atoms with Gasteiger partial charge in [-0.3, -0.25) is 4.79 Å². The van der Waals surface area contributed by atoms with Gasteiger partial charge in [0.05, 0.1) is 5.57 Å². The van der Waals surface area contributed by atoms with E-state index in [2.05, 4.69) is 0 Å². The van der Waals surface area contributed by atoms with Crippen LogP contribution in [0.4, 0.5) is 0 Å². The summed E-state index contributed by atoms with van der Waals surface area (Å²) < 4.78 is 11.2. The minimum absolute atomic E-state index is 0.160. The van der Waals surface area contributed by atoms with Crippen LogP contribution in [0.15, 0.2) is 83.8 Å². The average Bonchev–Trinajstić information content (AvgIpc) is 3.47. The van der Waals surface area contributed by atoms with Gasteiger partial charge in [-0.2, -0.15) is 0 Å². The van der Waals surface area contributed by atoms with Gasteiger partial charge in [-0.15, -0.1) is 11.3 Å². The number of benzene rings is 2. The Kier molecular flexibility index (Phi) is 4.32. The Balaban J connectivity index is 1.55. The SMILES string of the molecule is O=C(OCc1ccccc1)C1=CCC(c2cccs2)C12C(=O)Oc1ccccc12. The van der Waals surface area contributed by atoms with Gasteiger partial charge in [0.25, 0.3) is 0 Å². The number of hydrogen-bond acceptors (Lipinski definition) is 5. The molecule has 2 unspecified atom stereocenters. The summed E-state index contributed by atoms with van der Waals surface area (Å²) in [4.78, 5) is 27.5. The number of hydrogen-bond donors (Lipinski definition) is 0. The van der Waals surface area contributed by atoms with E-state index in [4.69, 9.17) is 9.47 Å². The normalized spacial score (nSPS) is 22.3. The predicted octanol–water partition coefficient (Wildman–Crippen LogP) is 4.76. The smallest absolute Gasteiger partial charge is 0.335 e. The lowest BCUT2D eigenvalue weighted by Gasteiger charge is -2.30. The third-order valence-corrected chi connectivity index (χ3v) is 6.65. The fourth-order valence-electron chi connectivity index (χ4n) is 4.38. The first-order valence-electron chi connectivity index (χ1n) is 9.48. The molecule has 1 aromatic heterocycles. The van der Waals surface area contributed by atoms with Crippen LogP contribution in [0.25, 0.3) is 0 Å². The van der Waals surface area contributed by atoms with Crippen LogP contribution in [0.2, 0.25) is 0 Å². The number of thiophene rings is 1. The van der Waals surface area contributed by atoms with Crippen molar-refractivity contribution >= 4 is 23.3 Å². The predicted molar refractivity (Wildman–Crippen MR) is 110 cm³/mol. The lowest BCUT2D eigenvalue weighted by molar-refractivity contribution is -0.145. The molecule has 0 N–H and O–H groups in total. The topological polar surface area (TPSA) is 52.6 Å². The van der Waals surface area contributed by atoms with E-state index < -0.39 is 17.4 Å². The number of carbonyl (C=O) groups is 2. The number of carbonyl (C=O) groups excluding carboxylic acids is 2. The Morgan fingerprint density at radius 1 is 1.07 bits per heavy atom. The van der Waals surface area contributed by atoms with Crippen molar-refractivity contribution in [1.29, 1.82) is 0 Å². The molecule has 2 aromatic carbocycles. The van der Waals surface area contributed by atoms with Gasteiger partial charge in [0.15, 0.2) is 0 Å². The third kappa shape index (κ3) is 2.73. The maximum atomic E-state index is 13.3. The zero-order valence-corrected chi connectivity index (χ0v) is 16.4. The van der Waals surface area contributed by atoms with Crippen molar-refractivity contribution in [3.63, 3.8) is 0 Å². The van der Waals surface area contributed by atoms with Gasteiger partial charge in [0.2, 0.25) is 0 Å². The van der Waals surface area contributed by atoms with Crippen molar-refractivity contribution in [3.05, 3.63) is 99.8 Å². The highest BCUT2D eigenvalue weighted by molar-refractivity contribution is 7.10. The second kappa shape index (κ2) is 7.01. The fraction of sp³-hybridized carbons (Fsp3) is 0.167. The number of allylic oxidation sites excluding steroid dienone is 1. The summed E-state index contributed by atoms with van der Waals surface area (Å²) in [7, 11) is 0. The van der Waals surface area contributed by atoms with Crippen LogP contribution in [0.1, 0.15) is 28.3 Å². The third-order valence-electron chi connectivity index (χ3n) is 5.66. The molecule has 3 aromatic rings. The largest absolute Gasteiger partial charge is 0.457 e. The second-order valence-electron chi connectivity index (χ2n) is 7.18. The van der Waals surface area contributed by atoms with Crippen LogP contribution in [0, 0.1) is 0 Å². The van der Waals surface area contributed by atoms with Crippen LogP contribution in [-0.4, -0.2) is 11.9 Å². The van der Waals surface area contributed by atoms with E-state index in [1.54, 1.807) is 17.4 Å². The first kappa shape index (κ1) is 17.9. The molecule has 5 rings (SSSR count). The van der Waals surface area contributed by atoms with E-state index >= 15 is 0 Å². The first-order chi connectivity index (χ1) is 14.2. The minimum atomic E-state index is -1.16. The van der Waals surface area contributed by atoms with Crippen molar-refractivity contribution in [3.8, 4) is 5.75 Å². The summed E-state index contributed by atoms with van der Waals surface area (Å²) in [5, 5.41) is 1.99. The molecule has 144 valence electrons. The van der Waals surface area contributed by atoms with Crippen molar-refractivity contribution in [2.24, 2.45) is 0 Å². The quantitative estimate of drug-likeness (QED) is 0.466. The van der Waals surface area contributed by atoms with Gasteiger partial charge >= 0.3 is 11.9 Å². The van der Waals surface area contributed by atoms with Crippen LogP contribution >= 0.6 is 11.3 Å².